The van der Waals surface area contributed by atoms with E-state index >= 15 is 0 Å². The van der Waals surface area contributed by atoms with Crippen LogP contribution in [0.25, 0.3) is 17.2 Å². The van der Waals surface area contributed by atoms with Crippen molar-refractivity contribution in [2.45, 2.75) is 6.92 Å². The number of aryl methyl sites for hydroxylation is 1. The summed E-state index contributed by atoms with van der Waals surface area (Å²) >= 11 is 0. The van der Waals surface area contributed by atoms with Crippen molar-refractivity contribution in [1.82, 2.24) is 19.4 Å². The molecule has 0 atom stereocenters. The van der Waals surface area contributed by atoms with Crippen molar-refractivity contribution < 1.29 is 14.3 Å². The van der Waals surface area contributed by atoms with Gasteiger partial charge in [-0.15, -0.1) is 0 Å². The van der Waals surface area contributed by atoms with E-state index in [1.54, 1.807) is 10.6 Å². The van der Waals surface area contributed by atoms with Gasteiger partial charge in [-0.25, -0.2) is 9.78 Å². The van der Waals surface area contributed by atoms with Gasteiger partial charge in [-0.05, 0) is 6.92 Å². The minimum atomic E-state index is -1.10. The molecular weight excluding hydrogens is 224 g/mol. The van der Waals surface area contributed by atoms with E-state index in [1.165, 1.54) is 12.5 Å². The van der Waals surface area contributed by atoms with Crippen molar-refractivity contribution in [2.75, 3.05) is 0 Å². The molecule has 3 heterocycles. The molecule has 0 saturated heterocycles. The zero-order valence-electron chi connectivity index (χ0n) is 8.84. The van der Waals surface area contributed by atoms with Gasteiger partial charge in [-0.3, -0.25) is 4.40 Å². The highest BCUT2D eigenvalue weighted by Crippen LogP contribution is 2.23. The van der Waals surface area contributed by atoms with Gasteiger partial charge < -0.3 is 14.5 Å². The van der Waals surface area contributed by atoms with Gasteiger partial charge in [0, 0.05) is 6.20 Å². The van der Waals surface area contributed by atoms with Crippen molar-refractivity contribution in [3.05, 3.63) is 30.2 Å². The first-order chi connectivity index (χ1) is 8.16. The van der Waals surface area contributed by atoms with Crippen molar-refractivity contribution in [1.29, 1.82) is 0 Å². The molecule has 17 heavy (non-hydrogen) atoms. The number of rotatable bonds is 2. The second kappa shape index (κ2) is 3.21. The fraction of sp³-hybridized carbons (Fsp3) is 0.100. The number of nitrogens with one attached hydrogen (secondary N) is 1. The van der Waals surface area contributed by atoms with Gasteiger partial charge in [-0.1, -0.05) is 0 Å². The number of H-pyrrole nitrogens is 1. The van der Waals surface area contributed by atoms with Crippen molar-refractivity contribution in [3.8, 4) is 11.4 Å². The molecule has 7 nitrogen and oxygen atoms in total. The first-order valence-corrected chi connectivity index (χ1v) is 4.87. The Hall–Kier alpha value is -2.57. The lowest BCUT2D eigenvalue weighted by atomic mass is 10.3. The topological polar surface area (TPSA) is 96.4 Å². The normalized spacial score (nSPS) is 11.1. The van der Waals surface area contributed by atoms with Gasteiger partial charge in [0.05, 0.1) is 23.3 Å². The Kier molecular flexibility index (Phi) is 1.82. The van der Waals surface area contributed by atoms with Crippen LogP contribution in [0.1, 0.15) is 16.3 Å². The van der Waals surface area contributed by atoms with Crippen LogP contribution in [0.4, 0.5) is 0 Å². The van der Waals surface area contributed by atoms with Crippen molar-refractivity contribution in [3.63, 3.8) is 0 Å². The smallest absolute Gasteiger partial charge is 0.371 e. The minimum Gasteiger partial charge on any atom is -0.475 e. The molecule has 3 rings (SSSR count). The molecule has 0 amide bonds. The first kappa shape index (κ1) is 9.64. The summed E-state index contributed by atoms with van der Waals surface area (Å²) in [7, 11) is 0. The van der Waals surface area contributed by atoms with E-state index < -0.39 is 5.97 Å². The number of hydrogen-bond acceptors (Lipinski definition) is 4. The molecular formula is C10H8N4O3. The van der Waals surface area contributed by atoms with Gasteiger partial charge in [0.25, 0.3) is 0 Å². The fourth-order valence-electron chi connectivity index (χ4n) is 1.77. The highest BCUT2D eigenvalue weighted by molar-refractivity contribution is 5.84. The van der Waals surface area contributed by atoms with Crippen molar-refractivity contribution >= 4 is 11.8 Å². The molecule has 3 aromatic rings. The third kappa shape index (κ3) is 1.32. The monoisotopic (exact) mass is 232 g/mol. The van der Waals surface area contributed by atoms with Crippen LogP contribution in [0.5, 0.6) is 0 Å². The molecule has 3 aromatic heterocycles. The Morgan fingerprint density at radius 1 is 1.59 bits per heavy atom. The molecule has 86 valence electrons. The number of oxazole rings is 1. The maximum atomic E-state index is 10.7. The second-order valence-electron chi connectivity index (χ2n) is 3.55. The summed E-state index contributed by atoms with van der Waals surface area (Å²) in [5.74, 6) is -0.733. The van der Waals surface area contributed by atoms with E-state index in [-0.39, 0.29) is 5.82 Å². The molecule has 0 aliphatic heterocycles. The van der Waals surface area contributed by atoms with E-state index in [1.807, 2.05) is 6.92 Å². The van der Waals surface area contributed by atoms with E-state index in [0.717, 1.165) is 11.4 Å². The molecule has 0 fully saturated rings. The summed E-state index contributed by atoms with van der Waals surface area (Å²) in [6.07, 6.45) is 4.69. The third-order valence-corrected chi connectivity index (χ3v) is 2.47. The summed E-state index contributed by atoms with van der Waals surface area (Å²) < 4.78 is 6.89. The summed E-state index contributed by atoms with van der Waals surface area (Å²) in [6, 6.07) is 0. The number of aromatic amines is 1. The molecule has 0 aliphatic rings. The lowest BCUT2D eigenvalue weighted by Crippen LogP contribution is -1.98. The van der Waals surface area contributed by atoms with Crippen LogP contribution in [-0.2, 0) is 0 Å². The molecule has 0 unspecified atom stereocenters. The average molecular weight is 232 g/mol. The van der Waals surface area contributed by atoms with E-state index in [0.29, 0.717) is 11.5 Å². The van der Waals surface area contributed by atoms with E-state index in [4.69, 9.17) is 9.52 Å². The zero-order chi connectivity index (χ0) is 12.0. The highest BCUT2D eigenvalue weighted by Gasteiger charge is 2.16. The van der Waals surface area contributed by atoms with Gasteiger partial charge in [-0.2, -0.15) is 4.98 Å². The molecule has 0 aliphatic carbocycles. The largest absolute Gasteiger partial charge is 0.475 e. The highest BCUT2D eigenvalue weighted by atomic mass is 16.4. The molecule has 0 radical (unpaired) electrons. The Bertz CT molecular complexity index is 706. The number of hydrogen-bond donors (Lipinski definition) is 2. The third-order valence-electron chi connectivity index (χ3n) is 2.47. The number of imidazole rings is 2. The summed E-state index contributed by atoms with van der Waals surface area (Å²) in [6.45, 7) is 1.82. The molecule has 0 saturated carbocycles. The molecule has 2 N–H and O–H groups in total. The summed E-state index contributed by atoms with van der Waals surface area (Å²) in [5.41, 5.74) is 2.08. The zero-order valence-corrected chi connectivity index (χ0v) is 8.84. The number of fused-ring (bicyclic) bond motifs is 1. The van der Waals surface area contributed by atoms with Gasteiger partial charge in [0.15, 0.2) is 0 Å². The summed E-state index contributed by atoms with van der Waals surface area (Å²) in [5, 5.41) is 8.80. The van der Waals surface area contributed by atoms with Gasteiger partial charge >= 0.3 is 11.8 Å². The quantitative estimate of drug-likeness (QED) is 0.694. The maximum absolute atomic E-state index is 10.7. The number of carboxylic acids is 1. The Morgan fingerprint density at radius 2 is 2.41 bits per heavy atom. The lowest BCUT2D eigenvalue weighted by Gasteiger charge is -1.95. The predicted octanol–water partition coefficient (Wildman–Crippen LogP) is 1.32. The summed E-state index contributed by atoms with van der Waals surface area (Å²) in [4.78, 5) is 21.5. The van der Waals surface area contributed by atoms with Crippen molar-refractivity contribution in [2.24, 2.45) is 0 Å². The maximum Gasteiger partial charge on any atom is 0.371 e. The predicted molar refractivity (Wildman–Crippen MR) is 56.7 cm³/mol. The standard InChI is InChI=1S/C10H8N4O3/c1-5-7(14-2-3-17-10(14)12-5)6-4-11-8(13-6)9(15)16/h2-4H,1H3,(H,11,13)(H,15,16). The van der Waals surface area contributed by atoms with Crippen LogP contribution in [0.3, 0.4) is 0 Å². The molecule has 0 spiro atoms. The van der Waals surface area contributed by atoms with Gasteiger partial charge in [0.2, 0.25) is 5.82 Å². The average Bonchev–Trinajstić information content (AvgIpc) is 2.91. The molecule has 0 bridgehead atoms. The Morgan fingerprint density at radius 3 is 3.12 bits per heavy atom. The van der Waals surface area contributed by atoms with E-state index in [9.17, 15) is 4.79 Å². The minimum absolute atomic E-state index is 0.0992. The SMILES string of the molecule is Cc1nc2occn2c1-c1cnc(C(=O)O)[nH]1. The number of nitrogens with zero attached hydrogens (tertiary/aromatic N) is 3. The molecule has 7 heteroatoms. The van der Waals surface area contributed by atoms with Crippen LogP contribution in [0.2, 0.25) is 0 Å². The first-order valence-electron chi connectivity index (χ1n) is 4.87. The number of carbonyl (C=O) groups is 1. The van der Waals surface area contributed by atoms with E-state index in [2.05, 4.69) is 15.0 Å². The van der Waals surface area contributed by atoms with Crippen LogP contribution in [0, 0.1) is 6.92 Å². The van der Waals surface area contributed by atoms with Crippen LogP contribution < -0.4 is 0 Å². The number of aromatic carboxylic acids is 1. The Labute approximate surface area is 94.7 Å². The number of aromatic nitrogens is 4. The molecule has 0 aromatic carbocycles. The fourth-order valence-corrected chi connectivity index (χ4v) is 1.77. The second-order valence-corrected chi connectivity index (χ2v) is 3.55. The Balaban J connectivity index is 2.22. The van der Waals surface area contributed by atoms with Crippen LogP contribution >= 0.6 is 0 Å². The van der Waals surface area contributed by atoms with Gasteiger partial charge in [0.1, 0.15) is 6.26 Å². The van der Waals surface area contributed by atoms with Crippen LogP contribution in [-0.4, -0.2) is 30.4 Å². The lowest BCUT2D eigenvalue weighted by molar-refractivity contribution is 0.0685. The van der Waals surface area contributed by atoms with Crippen LogP contribution in [0.15, 0.2) is 23.1 Å². The number of carboxylic acid groups (broad SMARTS) is 1.